The number of aliphatic hydroxyl groups is 1. The Morgan fingerprint density at radius 2 is 2.28 bits per heavy atom. The van der Waals surface area contributed by atoms with Crippen molar-refractivity contribution in [3.63, 3.8) is 0 Å². The first kappa shape index (κ1) is 15.0. The summed E-state index contributed by atoms with van der Waals surface area (Å²) in [6.07, 6.45) is 0.616. The third-order valence-corrected chi connectivity index (χ3v) is 3.46. The van der Waals surface area contributed by atoms with Gasteiger partial charge in [-0.25, -0.2) is 9.78 Å². The van der Waals surface area contributed by atoms with Crippen LogP contribution in [0.4, 0.5) is 0 Å². The second-order valence-electron chi connectivity index (χ2n) is 3.89. The lowest BCUT2D eigenvalue weighted by Gasteiger charge is -2.13. The Balaban J connectivity index is 2.80. The molecule has 0 atom stereocenters. The van der Waals surface area contributed by atoms with Crippen molar-refractivity contribution in [1.82, 2.24) is 9.88 Å². The standard InChI is InChI=1S/C11H18N2O4S/c1-13(4-5-14)7-8-10(11(15)16)12-9(18-8)3-6-17-2/h14H,3-7H2,1-2H3,(H,15,16). The Labute approximate surface area is 110 Å². The van der Waals surface area contributed by atoms with E-state index in [2.05, 4.69) is 4.98 Å². The molecule has 1 heterocycles. The van der Waals surface area contributed by atoms with E-state index < -0.39 is 5.97 Å². The molecule has 1 aromatic rings. The Morgan fingerprint density at radius 1 is 1.56 bits per heavy atom. The van der Waals surface area contributed by atoms with Gasteiger partial charge in [0.05, 0.1) is 23.1 Å². The number of rotatable bonds is 8. The normalized spacial score (nSPS) is 11.1. The van der Waals surface area contributed by atoms with Gasteiger partial charge in [0.15, 0.2) is 5.69 Å². The summed E-state index contributed by atoms with van der Waals surface area (Å²) in [6.45, 7) is 1.56. The molecule has 0 spiro atoms. The summed E-state index contributed by atoms with van der Waals surface area (Å²) < 4.78 is 4.95. The van der Waals surface area contributed by atoms with E-state index in [4.69, 9.17) is 14.9 Å². The van der Waals surface area contributed by atoms with Crippen molar-refractivity contribution in [2.24, 2.45) is 0 Å². The van der Waals surface area contributed by atoms with Gasteiger partial charge in [-0.15, -0.1) is 11.3 Å². The zero-order chi connectivity index (χ0) is 13.5. The number of nitrogens with zero attached hydrogens (tertiary/aromatic N) is 2. The van der Waals surface area contributed by atoms with Gasteiger partial charge >= 0.3 is 5.97 Å². The SMILES string of the molecule is COCCc1nc(C(=O)O)c(CN(C)CCO)s1. The third kappa shape index (κ3) is 4.34. The number of carboxylic acids is 1. The number of hydrogen-bond donors (Lipinski definition) is 2. The minimum Gasteiger partial charge on any atom is -0.476 e. The van der Waals surface area contributed by atoms with E-state index in [0.29, 0.717) is 31.0 Å². The number of hydrogen-bond acceptors (Lipinski definition) is 6. The Bertz CT molecular complexity index is 394. The van der Waals surface area contributed by atoms with Gasteiger partial charge < -0.3 is 14.9 Å². The highest BCUT2D eigenvalue weighted by atomic mass is 32.1. The fraction of sp³-hybridized carbons (Fsp3) is 0.636. The molecular formula is C11H18N2O4S. The molecule has 18 heavy (non-hydrogen) atoms. The van der Waals surface area contributed by atoms with Crippen molar-refractivity contribution in [2.75, 3.05) is 33.9 Å². The molecule has 2 N–H and O–H groups in total. The first-order valence-corrected chi connectivity index (χ1v) is 6.40. The second-order valence-corrected chi connectivity index (χ2v) is 5.06. The van der Waals surface area contributed by atoms with Crippen LogP contribution in [0.3, 0.4) is 0 Å². The molecular weight excluding hydrogens is 256 g/mol. The second kappa shape index (κ2) is 7.42. The summed E-state index contributed by atoms with van der Waals surface area (Å²) in [5.74, 6) is -1.01. The van der Waals surface area contributed by atoms with Gasteiger partial charge in [-0.3, -0.25) is 4.90 Å². The van der Waals surface area contributed by atoms with Crippen molar-refractivity contribution in [2.45, 2.75) is 13.0 Å². The predicted octanol–water partition coefficient (Wildman–Crippen LogP) is 0.454. The van der Waals surface area contributed by atoms with Crippen LogP contribution in [0, 0.1) is 0 Å². The topological polar surface area (TPSA) is 82.9 Å². The summed E-state index contributed by atoms with van der Waals surface area (Å²) in [5, 5.41) is 18.7. The zero-order valence-electron chi connectivity index (χ0n) is 10.5. The maximum atomic E-state index is 11.1. The molecule has 0 aliphatic heterocycles. The smallest absolute Gasteiger partial charge is 0.355 e. The third-order valence-electron chi connectivity index (χ3n) is 2.36. The number of ether oxygens (including phenoxy) is 1. The van der Waals surface area contributed by atoms with Crippen LogP contribution in [0.1, 0.15) is 20.4 Å². The quantitative estimate of drug-likeness (QED) is 0.716. The van der Waals surface area contributed by atoms with Crippen LogP contribution in [0.25, 0.3) is 0 Å². The van der Waals surface area contributed by atoms with E-state index in [1.165, 1.54) is 11.3 Å². The van der Waals surface area contributed by atoms with Crippen molar-refractivity contribution >= 4 is 17.3 Å². The van der Waals surface area contributed by atoms with Gasteiger partial charge in [-0.05, 0) is 7.05 Å². The van der Waals surface area contributed by atoms with Crippen LogP contribution < -0.4 is 0 Å². The molecule has 102 valence electrons. The molecule has 0 aliphatic rings. The van der Waals surface area contributed by atoms with Gasteiger partial charge in [-0.1, -0.05) is 0 Å². The van der Waals surface area contributed by atoms with Gasteiger partial charge in [0.25, 0.3) is 0 Å². The van der Waals surface area contributed by atoms with E-state index in [0.717, 1.165) is 5.01 Å². The largest absolute Gasteiger partial charge is 0.476 e. The van der Waals surface area contributed by atoms with Crippen LogP contribution >= 0.6 is 11.3 Å². The molecule has 1 aromatic heterocycles. The average molecular weight is 274 g/mol. The van der Waals surface area contributed by atoms with Gasteiger partial charge in [0, 0.05) is 26.6 Å². The molecule has 0 radical (unpaired) electrons. The average Bonchev–Trinajstić information content (AvgIpc) is 2.70. The van der Waals surface area contributed by atoms with Crippen LogP contribution in [0.15, 0.2) is 0 Å². The minimum atomic E-state index is -1.01. The summed E-state index contributed by atoms with van der Waals surface area (Å²) in [4.78, 5) is 17.8. The van der Waals surface area contributed by atoms with E-state index >= 15 is 0 Å². The fourth-order valence-electron chi connectivity index (χ4n) is 1.47. The molecule has 0 aliphatic carbocycles. The first-order valence-electron chi connectivity index (χ1n) is 5.58. The minimum absolute atomic E-state index is 0.0498. The highest BCUT2D eigenvalue weighted by Gasteiger charge is 2.18. The van der Waals surface area contributed by atoms with E-state index in [1.807, 2.05) is 11.9 Å². The molecule has 0 unspecified atom stereocenters. The van der Waals surface area contributed by atoms with Gasteiger partial charge in [-0.2, -0.15) is 0 Å². The molecule has 1 rings (SSSR count). The predicted molar refractivity (Wildman–Crippen MR) is 68.1 cm³/mol. The van der Waals surface area contributed by atoms with Gasteiger partial charge in [0.1, 0.15) is 0 Å². The number of methoxy groups -OCH3 is 1. The molecule has 0 fully saturated rings. The van der Waals surface area contributed by atoms with Crippen LogP contribution in [-0.2, 0) is 17.7 Å². The van der Waals surface area contributed by atoms with Crippen LogP contribution in [0.5, 0.6) is 0 Å². The van der Waals surface area contributed by atoms with Gasteiger partial charge in [0.2, 0.25) is 0 Å². The van der Waals surface area contributed by atoms with E-state index in [9.17, 15) is 4.79 Å². The molecule has 0 saturated heterocycles. The Kier molecular flexibility index (Phi) is 6.20. The molecule has 0 bridgehead atoms. The Morgan fingerprint density at radius 3 is 2.83 bits per heavy atom. The Hall–Kier alpha value is -1.02. The lowest BCUT2D eigenvalue weighted by atomic mass is 10.3. The number of likely N-dealkylation sites (N-methyl/N-ethyl adjacent to an activating group) is 1. The zero-order valence-corrected chi connectivity index (χ0v) is 11.4. The molecule has 7 heteroatoms. The van der Waals surface area contributed by atoms with Crippen LogP contribution in [0.2, 0.25) is 0 Å². The van der Waals surface area contributed by atoms with Crippen molar-refractivity contribution in [1.29, 1.82) is 0 Å². The maximum absolute atomic E-state index is 11.1. The fourth-order valence-corrected chi connectivity index (χ4v) is 2.59. The van der Waals surface area contributed by atoms with E-state index in [-0.39, 0.29) is 12.3 Å². The molecule has 0 aromatic carbocycles. The number of carbonyl (C=O) groups is 1. The summed E-state index contributed by atoms with van der Waals surface area (Å²) in [6, 6.07) is 0. The molecule has 6 nitrogen and oxygen atoms in total. The summed E-state index contributed by atoms with van der Waals surface area (Å²) >= 11 is 1.39. The highest BCUT2D eigenvalue weighted by Crippen LogP contribution is 2.21. The lowest BCUT2D eigenvalue weighted by Crippen LogP contribution is -2.22. The number of aromatic carboxylic acids is 1. The van der Waals surface area contributed by atoms with Crippen molar-refractivity contribution in [3.05, 3.63) is 15.6 Å². The van der Waals surface area contributed by atoms with Crippen molar-refractivity contribution < 1.29 is 19.7 Å². The number of thiazole rings is 1. The molecule has 0 amide bonds. The highest BCUT2D eigenvalue weighted by molar-refractivity contribution is 7.11. The number of aliphatic hydroxyl groups excluding tert-OH is 1. The lowest BCUT2D eigenvalue weighted by molar-refractivity contribution is 0.0689. The van der Waals surface area contributed by atoms with Crippen molar-refractivity contribution in [3.8, 4) is 0 Å². The number of carboxylic acid groups (broad SMARTS) is 1. The molecule has 0 saturated carbocycles. The summed E-state index contributed by atoms with van der Waals surface area (Å²) in [5.41, 5.74) is 0.107. The summed E-state index contributed by atoms with van der Waals surface area (Å²) in [7, 11) is 3.43. The first-order chi connectivity index (χ1) is 8.58. The van der Waals surface area contributed by atoms with E-state index in [1.54, 1.807) is 7.11 Å². The maximum Gasteiger partial charge on any atom is 0.355 e. The monoisotopic (exact) mass is 274 g/mol. The number of aromatic nitrogens is 1. The van der Waals surface area contributed by atoms with Crippen LogP contribution in [-0.4, -0.2) is 60.0 Å².